The molecule has 0 aromatic carbocycles. The van der Waals surface area contributed by atoms with Crippen LogP contribution in [0.2, 0.25) is 0 Å². The Hall–Kier alpha value is -0.0400. The highest BCUT2D eigenvalue weighted by Gasteiger charge is 2.19. The molecule has 0 unspecified atom stereocenters. The summed E-state index contributed by atoms with van der Waals surface area (Å²) < 4.78 is 0. The van der Waals surface area contributed by atoms with Crippen molar-refractivity contribution in [3.05, 3.63) is 0 Å². The molecule has 0 aliphatic carbocycles. The number of unbranched alkanes of at least 4 members (excludes halogenated alkanes) is 8. The molecular weight excluding hydrogens is 206 g/mol. The maximum atomic E-state index is 8.21. The summed E-state index contributed by atoms with van der Waals surface area (Å²) in [6.45, 7) is 6.59. The van der Waals surface area contributed by atoms with E-state index < -0.39 is 0 Å². The largest absolute Gasteiger partial charge is 0.251 e. The van der Waals surface area contributed by atoms with Gasteiger partial charge in [0.15, 0.2) is 0 Å². The van der Waals surface area contributed by atoms with E-state index in [1.165, 1.54) is 57.8 Å². The molecule has 0 aromatic heterocycles. The predicted octanol–water partition coefficient (Wildman–Crippen LogP) is 5.75. The highest BCUT2D eigenvalue weighted by molar-refractivity contribution is 4.79. The first-order valence-electron chi connectivity index (χ1n) is 7.93. The Morgan fingerprint density at radius 3 is 1.47 bits per heavy atom. The molecule has 0 fully saturated rings. The fourth-order valence-electron chi connectivity index (χ4n) is 2.38. The summed E-state index contributed by atoms with van der Waals surface area (Å²) in [6, 6.07) is 0. The normalized spacial score (nSPS) is 12.0. The standard InChI is InChI=1S/C16H34N/c1-4-7-8-9-10-11-12-13-14-15-16(17,5-2)6-3/h17H,4-15H2,1-3H3. The average molecular weight is 240 g/mol. The molecule has 0 rings (SSSR count). The SMILES string of the molecule is CCCCCCCCCCCC([NH])(CC)CC. The van der Waals surface area contributed by atoms with E-state index in [4.69, 9.17) is 5.73 Å². The second-order valence-corrected chi connectivity index (χ2v) is 5.57. The van der Waals surface area contributed by atoms with Gasteiger partial charge in [0.1, 0.15) is 0 Å². The summed E-state index contributed by atoms with van der Waals surface area (Å²) in [6.07, 6.45) is 15.6. The average Bonchev–Trinajstić information content (AvgIpc) is 2.36. The van der Waals surface area contributed by atoms with Crippen LogP contribution in [0.25, 0.3) is 0 Å². The van der Waals surface area contributed by atoms with Gasteiger partial charge in [0.2, 0.25) is 0 Å². The third-order valence-corrected chi connectivity index (χ3v) is 4.11. The van der Waals surface area contributed by atoms with Crippen molar-refractivity contribution in [3.8, 4) is 0 Å². The lowest BCUT2D eigenvalue weighted by atomic mass is 9.88. The number of nitrogens with one attached hydrogen (secondary N) is 1. The zero-order valence-electron chi connectivity index (χ0n) is 12.5. The van der Waals surface area contributed by atoms with Gasteiger partial charge in [0.05, 0.1) is 0 Å². The van der Waals surface area contributed by atoms with Crippen LogP contribution in [0.1, 0.15) is 97.8 Å². The Bertz CT molecular complexity index is 150. The molecule has 0 aliphatic rings. The number of rotatable bonds is 12. The van der Waals surface area contributed by atoms with Gasteiger partial charge in [-0.3, -0.25) is 5.73 Å². The van der Waals surface area contributed by atoms with Gasteiger partial charge in [-0.25, -0.2) is 0 Å². The predicted molar refractivity (Wildman–Crippen MR) is 78.3 cm³/mol. The van der Waals surface area contributed by atoms with Crippen molar-refractivity contribution >= 4 is 0 Å². The Morgan fingerprint density at radius 1 is 0.647 bits per heavy atom. The third kappa shape index (κ3) is 9.64. The van der Waals surface area contributed by atoms with Crippen LogP contribution in [0.5, 0.6) is 0 Å². The van der Waals surface area contributed by atoms with Gasteiger partial charge in [-0.15, -0.1) is 0 Å². The van der Waals surface area contributed by atoms with Crippen LogP contribution in [0.15, 0.2) is 0 Å². The van der Waals surface area contributed by atoms with Gasteiger partial charge in [0.25, 0.3) is 0 Å². The highest BCUT2D eigenvalue weighted by atomic mass is 14.7. The minimum Gasteiger partial charge on any atom is -0.251 e. The number of hydrogen-bond acceptors (Lipinski definition) is 0. The molecule has 0 aromatic rings. The number of hydrogen-bond donors (Lipinski definition) is 0. The van der Waals surface area contributed by atoms with Gasteiger partial charge in [-0.2, -0.15) is 0 Å². The van der Waals surface area contributed by atoms with E-state index >= 15 is 0 Å². The smallest absolute Gasteiger partial charge is 0.0318 e. The zero-order chi connectivity index (χ0) is 13.0. The van der Waals surface area contributed by atoms with E-state index in [1.807, 2.05) is 0 Å². The van der Waals surface area contributed by atoms with Crippen molar-refractivity contribution < 1.29 is 0 Å². The van der Waals surface area contributed by atoms with E-state index in [0.717, 1.165) is 19.3 Å². The lowest BCUT2D eigenvalue weighted by Crippen LogP contribution is -2.28. The summed E-state index contributed by atoms with van der Waals surface area (Å²) in [5.74, 6) is 0. The first-order chi connectivity index (χ1) is 8.18. The molecule has 0 bridgehead atoms. The highest BCUT2D eigenvalue weighted by Crippen LogP contribution is 2.22. The van der Waals surface area contributed by atoms with E-state index in [-0.39, 0.29) is 5.54 Å². The van der Waals surface area contributed by atoms with Gasteiger partial charge in [-0.1, -0.05) is 78.6 Å². The van der Waals surface area contributed by atoms with Gasteiger partial charge in [0, 0.05) is 5.54 Å². The van der Waals surface area contributed by atoms with Crippen LogP contribution in [0.4, 0.5) is 0 Å². The molecule has 1 N–H and O–H groups in total. The molecule has 0 saturated carbocycles. The molecule has 1 heteroatoms. The summed E-state index contributed by atoms with van der Waals surface area (Å²) in [5.41, 5.74) is 8.09. The molecule has 0 saturated heterocycles. The van der Waals surface area contributed by atoms with Crippen LogP contribution >= 0.6 is 0 Å². The molecule has 0 spiro atoms. The monoisotopic (exact) mass is 240 g/mol. The molecule has 1 radical (unpaired) electrons. The minimum absolute atomic E-state index is 0.124. The summed E-state index contributed by atoms with van der Waals surface area (Å²) >= 11 is 0. The van der Waals surface area contributed by atoms with Crippen molar-refractivity contribution in [1.29, 1.82) is 0 Å². The first-order valence-corrected chi connectivity index (χ1v) is 7.93. The fraction of sp³-hybridized carbons (Fsp3) is 1.00. The molecule has 103 valence electrons. The minimum atomic E-state index is -0.124. The molecule has 0 amide bonds. The molecule has 1 nitrogen and oxygen atoms in total. The van der Waals surface area contributed by atoms with Crippen molar-refractivity contribution in [2.24, 2.45) is 0 Å². The lowest BCUT2D eigenvalue weighted by Gasteiger charge is -2.25. The Balaban J connectivity index is 3.23. The topological polar surface area (TPSA) is 23.8 Å². The summed E-state index contributed by atoms with van der Waals surface area (Å²) in [5, 5.41) is 0. The van der Waals surface area contributed by atoms with E-state index in [1.54, 1.807) is 0 Å². The van der Waals surface area contributed by atoms with Crippen LogP contribution in [0.3, 0.4) is 0 Å². The fourth-order valence-corrected chi connectivity index (χ4v) is 2.38. The van der Waals surface area contributed by atoms with Crippen LogP contribution in [-0.4, -0.2) is 5.54 Å². The first kappa shape index (κ1) is 17.0. The van der Waals surface area contributed by atoms with Gasteiger partial charge >= 0.3 is 0 Å². The molecule has 17 heavy (non-hydrogen) atoms. The van der Waals surface area contributed by atoms with Crippen LogP contribution in [-0.2, 0) is 0 Å². The Labute approximate surface area is 110 Å². The second-order valence-electron chi connectivity index (χ2n) is 5.57. The summed E-state index contributed by atoms with van der Waals surface area (Å²) in [7, 11) is 0. The van der Waals surface area contributed by atoms with Crippen LogP contribution < -0.4 is 5.73 Å². The third-order valence-electron chi connectivity index (χ3n) is 4.11. The second kappa shape index (κ2) is 11.1. The van der Waals surface area contributed by atoms with Crippen molar-refractivity contribution in [2.45, 2.75) is 103 Å². The molecule has 0 aliphatic heterocycles. The maximum absolute atomic E-state index is 8.21. The van der Waals surface area contributed by atoms with Crippen molar-refractivity contribution in [2.75, 3.05) is 0 Å². The molecular formula is C16H34N. The Morgan fingerprint density at radius 2 is 1.06 bits per heavy atom. The van der Waals surface area contributed by atoms with Gasteiger partial charge < -0.3 is 0 Å². The van der Waals surface area contributed by atoms with E-state index in [9.17, 15) is 0 Å². The van der Waals surface area contributed by atoms with E-state index in [2.05, 4.69) is 20.8 Å². The maximum Gasteiger partial charge on any atom is 0.0318 e. The molecule has 0 heterocycles. The zero-order valence-corrected chi connectivity index (χ0v) is 12.5. The van der Waals surface area contributed by atoms with Crippen molar-refractivity contribution in [3.63, 3.8) is 0 Å². The van der Waals surface area contributed by atoms with Crippen LogP contribution in [0, 0.1) is 0 Å². The quantitative estimate of drug-likeness (QED) is 0.388. The Kier molecular flexibility index (Phi) is 11.0. The molecule has 0 atom stereocenters. The summed E-state index contributed by atoms with van der Waals surface area (Å²) in [4.78, 5) is 0. The lowest BCUT2D eigenvalue weighted by molar-refractivity contribution is 0.337. The van der Waals surface area contributed by atoms with E-state index in [0.29, 0.717) is 0 Å². The van der Waals surface area contributed by atoms with Gasteiger partial charge in [-0.05, 0) is 19.3 Å². The van der Waals surface area contributed by atoms with Crippen molar-refractivity contribution in [1.82, 2.24) is 5.73 Å².